The molecule has 0 aromatic heterocycles. The normalized spacial score (nSPS) is 11.3. The van der Waals surface area contributed by atoms with Crippen molar-refractivity contribution in [3.8, 4) is 0 Å². The van der Waals surface area contributed by atoms with Crippen LogP contribution in [-0.2, 0) is 14.8 Å². The second-order valence-electron chi connectivity index (χ2n) is 3.98. The molecule has 0 atom stereocenters. The molecule has 0 unspecified atom stereocenters. The quantitative estimate of drug-likeness (QED) is 0.666. The second-order valence-corrected chi connectivity index (χ2v) is 5.69. The summed E-state index contributed by atoms with van der Waals surface area (Å²) in [5.41, 5.74) is 7.25. The zero-order chi connectivity index (χ0) is 13.9. The summed E-state index contributed by atoms with van der Waals surface area (Å²) in [4.78, 5) is 11.2. The third-order valence-electron chi connectivity index (χ3n) is 2.45. The van der Waals surface area contributed by atoms with Crippen LogP contribution in [0.4, 0.5) is 5.69 Å². The summed E-state index contributed by atoms with van der Waals surface area (Å²) < 4.78 is 26.4. The Bertz CT molecular complexity index is 544. The van der Waals surface area contributed by atoms with Crippen molar-refractivity contribution in [2.45, 2.75) is 18.7 Å². The molecule has 7 heteroatoms. The van der Waals surface area contributed by atoms with Gasteiger partial charge in [0.2, 0.25) is 15.9 Å². The van der Waals surface area contributed by atoms with E-state index in [9.17, 15) is 13.2 Å². The minimum atomic E-state index is -3.71. The Morgan fingerprint density at radius 2 is 1.78 bits per heavy atom. The Balaban J connectivity index is 3.10. The van der Waals surface area contributed by atoms with Gasteiger partial charge in [0.25, 0.3) is 0 Å². The Hall–Kier alpha value is -1.60. The van der Waals surface area contributed by atoms with Crippen LogP contribution in [0.15, 0.2) is 17.0 Å². The highest BCUT2D eigenvalue weighted by Gasteiger charge is 2.20. The lowest BCUT2D eigenvalue weighted by Gasteiger charge is -2.12. The average molecular weight is 271 g/mol. The van der Waals surface area contributed by atoms with Gasteiger partial charge < -0.3 is 11.1 Å². The minimum Gasteiger partial charge on any atom is -0.399 e. The van der Waals surface area contributed by atoms with Crippen molar-refractivity contribution in [3.05, 3.63) is 23.3 Å². The number of rotatable bonds is 4. The monoisotopic (exact) mass is 271 g/mol. The summed E-state index contributed by atoms with van der Waals surface area (Å²) in [5.74, 6) is -0.399. The van der Waals surface area contributed by atoms with E-state index >= 15 is 0 Å². The van der Waals surface area contributed by atoms with E-state index in [1.807, 2.05) is 0 Å². The smallest absolute Gasteiger partial charge is 0.241 e. The predicted octanol–water partition coefficient (Wildman–Crippen LogP) is -0.0901. The molecule has 0 radical (unpaired) electrons. The van der Waals surface area contributed by atoms with Gasteiger partial charge in [0.15, 0.2) is 0 Å². The van der Waals surface area contributed by atoms with Crippen LogP contribution in [0, 0.1) is 13.8 Å². The molecule has 100 valence electrons. The lowest BCUT2D eigenvalue weighted by Crippen LogP contribution is -2.35. The fourth-order valence-corrected chi connectivity index (χ4v) is 3.16. The molecule has 6 nitrogen and oxygen atoms in total. The van der Waals surface area contributed by atoms with Gasteiger partial charge in [0, 0.05) is 12.7 Å². The minimum absolute atomic E-state index is 0.167. The van der Waals surface area contributed by atoms with Gasteiger partial charge in [-0.25, -0.2) is 13.1 Å². The number of carbonyl (C=O) groups is 1. The van der Waals surface area contributed by atoms with E-state index in [1.54, 1.807) is 26.0 Å². The molecule has 1 aromatic carbocycles. The summed E-state index contributed by atoms with van der Waals surface area (Å²) in [6.45, 7) is 3.04. The van der Waals surface area contributed by atoms with Crippen molar-refractivity contribution in [2.75, 3.05) is 19.3 Å². The summed E-state index contributed by atoms with van der Waals surface area (Å²) in [7, 11) is -2.27. The molecule has 0 fully saturated rings. The first-order chi connectivity index (χ1) is 8.27. The predicted molar refractivity (Wildman–Crippen MR) is 69.6 cm³/mol. The zero-order valence-corrected chi connectivity index (χ0v) is 11.4. The number of hydrogen-bond donors (Lipinski definition) is 3. The van der Waals surface area contributed by atoms with Crippen LogP contribution in [0.5, 0.6) is 0 Å². The maximum absolute atomic E-state index is 12.1. The maximum atomic E-state index is 12.1. The summed E-state index contributed by atoms with van der Waals surface area (Å²) in [6.07, 6.45) is 0. The van der Waals surface area contributed by atoms with Gasteiger partial charge in [0.1, 0.15) is 0 Å². The molecule has 4 N–H and O–H groups in total. The van der Waals surface area contributed by atoms with E-state index in [-0.39, 0.29) is 11.4 Å². The highest BCUT2D eigenvalue weighted by Crippen LogP contribution is 2.22. The fraction of sp³-hybridized carbons (Fsp3) is 0.364. The van der Waals surface area contributed by atoms with E-state index in [4.69, 9.17) is 5.73 Å². The van der Waals surface area contributed by atoms with Gasteiger partial charge in [-0.05, 0) is 37.1 Å². The number of nitrogen functional groups attached to an aromatic ring is 1. The Kier molecular flexibility index (Phi) is 4.31. The second kappa shape index (κ2) is 5.36. The number of hydrogen-bond acceptors (Lipinski definition) is 4. The molecule has 0 saturated carbocycles. The Morgan fingerprint density at radius 3 is 2.22 bits per heavy atom. The third kappa shape index (κ3) is 3.21. The molecule has 18 heavy (non-hydrogen) atoms. The molecule has 0 spiro atoms. The van der Waals surface area contributed by atoms with Crippen LogP contribution in [-0.4, -0.2) is 27.9 Å². The van der Waals surface area contributed by atoms with Crippen LogP contribution in [0.1, 0.15) is 11.1 Å². The average Bonchev–Trinajstić information content (AvgIpc) is 2.24. The van der Waals surface area contributed by atoms with E-state index < -0.39 is 15.9 Å². The van der Waals surface area contributed by atoms with Crippen LogP contribution in [0.3, 0.4) is 0 Å². The van der Waals surface area contributed by atoms with E-state index in [0.717, 1.165) is 0 Å². The first-order valence-electron chi connectivity index (χ1n) is 5.35. The number of aryl methyl sites for hydroxylation is 2. The number of amides is 1. The standard InChI is InChI=1S/C11H17N3O3S/c1-7-4-9(12)5-8(2)11(7)18(16,17)14-6-10(15)13-3/h4-5,14H,6,12H2,1-3H3,(H,13,15). The van der Waals surface area contributed by atoms with Crippen LogP contribution in [0.25, 0.3) is 0 Å². The molecule has 1 amide bonds. The summed E-state index contributed by atoms with van der Waals surface area (Å²) >= 11 is 0. The molecule has 0 heterocycles. The molecular weight excluding hydrogens is 254 g/mol. The number of nitrogens with one attached hydrogen (secondary N) is 2. The number of carbonyl (C=O) groups excluding carboxylic acids is 1. The van der Waals surface area contributed by atoms with Crippen molar-refractivity contribution in [1.82, 2.24) is 10.0 Å². The number of anilines is 1. The first-order valence-corrected chi connectivity index (χ1v) is 6.83. The van der Waals surface area contributed by atoms with Gasteiger partial charge in [0.05, 0.1) is 11.4 Å². The maximum Gasteiger partial charge on any atom is 0.241 e. The van der Waals surface area contributed by atoms with E-state index in [2.05, 4.69) is 10.0 Å². The highest BCUT2D eigenvalue weighted by atomic mass is 32.2. The number of sulfonamides is 1. The zero-order valence-electron chi connectivity index (χ0n) is 10.6. The summed E-state index contributed by atoms with van der Waals surface area (Å²) in [6, 6.07) is 3.17. The van der Waals surface area contributed by atoms with E-state index in [0.29, 0.717) is 16.8 Å². The van der Waals surface area contributed by atoms with E-state index in [1.165, 1.54) is 7.05 Å². The van der Waals surface area contributed by atoms with Crippen molar-refractivity contribution in [1.29, 1.82) is 0 Å². The first kappa shape index (κ1) is 14.5. The molecule has 1 rings (SSSR count). The Labute approximate surface area is 107 Å². The number of nitrogens with two attached hydrogens (primary N) is 1. The van der Waals surface area contributed by atoms with Crippen molar-refractivity contribution < 1.29 is 13.2 Å². The molecule has 1 aromatic rings. The molecule has 0 saturated heterocycles. The Morgan fingerprint density at radius 1 is 1.28 bits per heavy atom. The van der Waals surface area contributed by atoms with Crippen LogP contribution < -0.4 is 15.8 Å². The van der Waals surface area contributed by atoms with Crippen LogP contribution in [0.2, 0.25) is 0 Å². The van der Waals surface area contributed by atoms with Crippen molar-refractivity contribution in [3.63, 3.8) is 0 Å². The third-order valence-corrected chi connectivity index (χ3v) is 4.16. The highest BCUT2D eigenvalue weighted by molar-refractivity contribution is 7.89. The van der Waals surface area contributed by atoms with Crippen molar-refractivity contribution >= 4 is 21.6 Å². The topological polar surface area (TPSA) is 101 Å². The number of benzene rings is 1. The lowest BCUT2D eigenvalue weighted by molar-refractivity contribution is -0.119. The van der Waals surface area contributed by atoms with Gasteiger partial charge in [-0.3, -0.25) is 4.79 Å². The summed E-state index contributed by atoms with van der Waals surface area (Å²) in [5, 5.41) is 2.34. The van der Waals surface area contributed by atoms with Gasteiger partial charge in [-0.15, -0.1) is 0 Å². The van der Waals surface area contributed by atoms with Gasteiger partial charge >= 0.3 is 0 Å². The van der Waals surface area contributed by atoms with Crippen molar-refractivity contribution in [2.24, 2.45) is 0 Å². The van der Waals surface area contributed by atoms with Gasteiger partial charge in [-0.2, -0.15) is 0 Å². The van der Waals surface area contributed by atoms with Crippen LogP contribution >= 0.6 is 0 Å². The largest absolute Gasteiger partial charge is 0.399 e. The molecule has 0 aliphatic carbocycles. The molecular formula is C11H17N3O3S. The number of likely N-dealkylation sites (N-methyl/N-ethyl adjacent to an activating group) is 1. The van der Waals surface area contributed by atoms with Gasteiger partial charge in [-0.1, -0.05) is 0 Å². The fourth-order valence-electron chi connectivity index (χ4n) is 1.73. The molecule has 0 bridgehead atoms. The SMILES string of the molecule is CNC(=O)CNS(=O)(=O)c1c(C)cc(N)cc1C. The molecule has 0 aliphatic rings. The molecule has 0 aliphatic heterocycles. The lowest BCUT2D eigenvalue weighted by atomic mass is 10.1.